The summed E-state index contributed by atoms with van der Waals surface area (Å²) < 4.78 is 5.96. The molecule has 3 unspecified atom stereocenters. The molecule has 1 aliphatic heterocycles. The highest BCUT2D eigenvalue weighted by atomic mass is 16.5. The number of nitrogens with two attached hydrogens (primary N) is 1. The van der Waals surface area contributed by atoms with Gasteiger partial charge in [-0.2, -0.15) is 0 Å². The first kappa shape index (κ1) is 17.7. The molecule has 1 aromatic carbocycles. The quantitative estimate of drug-likeness (QED) is 0.254. The van der Waals surface area contributed by atoms with Crippen LogP contribution in [0, 0.1) is 5.92 Å². The minimum atomic E-state index is -0.287. The van der Waals surface area contributed by atoms with Crippen LogP contribution in [0.1, 0.15) is 51.1 Å². The normalized spacial score (nSPS) is 23.7. The first-order chi connectivity index (χ1) is 11.2. The molecule has 0 bridgehead atoms. The molecule has 128 valence electrons. The molecule has 2 rings (SSSR count). The smallest absolute Gasteiger partial charge is 0.240 e. The summed E-state index contributed by atoms with van der Waals surface area (Å²) in [6.07, 6.45) is 4.66. The molecule has 0 aliphatic carbocycles. The van der Waals surface area contributed by atoms with Gasteiger partial charge in [0.05, 0.1) is 18.6 Å². The second kappa shape index (κ2) is 8.86. The van der Waals surface area contributed by atoms with Crippen LogP contribution in [-0.4, -0.2) is 18.6 Å². The summed E-state index contributed by atoms with van der Waals surface area (Å²) in [5.74, 6) is 5.69. The number of unbranched alkanes of at least 4 members (excludes halogenated alkanes) is 3. The lowest BCUT2D eigenvalue weighted by Crippen LogP contribution is -2.41. The van der Waals surface area contributed by atoms with Gasteiger partial charge in [-0.1, -0.05) is 44.4 Å². The van der Waals surface area contributed by atoms with Crippen LogP contribution in [0.15, 0.2) is 24.3 Å². The van der Waals surface area contributed by atoms with Crippen molar-refractivity contribution in [2.75, 3.05) is 6.61 Å². The largest absolute Gasteiger partial charge is 0.493 e. The highest BCUT2D eigenvalue weighted by Crippen LogP contribution is 2.34. The van der Waals surface area contributed by atoms with Crippen molar-refractivity contribution in [3.63, 3.8) is 0 Å². The van der Waals surface area contributed by atoms with Crippen molar-refractivity contribution < 1.29 is 9.53 Å². The van der Waals surface area contributed by atoms with Gasteiger partial charge >= 0.3 is 0 Å². The molecule has 6 heteroatoms. The number of rotatable bonds is 8. The lowest BCUT2D eigenvalue weighted by atomic mass is 9.89. The van der Waals surface area contributed by atoms with Gasteiger partial charge in [-0.15, -0.1) is 0 Å². The Kier molecular flexibility index (Phi) is 6.83. The topological polar surface area (TPSA) is 88.4 Å². The number of hydrogen-bond donors (Lipinski definition) is 4. The Bertz CT molecular complexity index is 509. The van der Waals surface area contributed by atoms with E-state index in [1.165, 1.54) is 19.3 Å². The van der Waals surface area contributed by atoms with Crippen LogP contribution < -0.4 is 26.9 Å². The Morgan fingerprint density at radius 3 is 2.78 bits per heavy atom. The summed E-state index contributed by atoms with van der Waals surface area (Å²) in [6, 6.07) is 7.68. The zero-order valence-electron chi connectivity index (χ0n) is 14.0. The first-order valence-corrected chi connectivity index (χ1v) is 8.42. The Morgan fingerprint density at radius 2 is 2.04 bits per heavy atom. The van der Waals surface area contributed by atoms with Gasteiger partial charge in [0.25, 0.3) is 0 Å². The number of para-hydroxylation sites is 1. The molecule has 1 fully saturated rings. The number of carbonyl (C=O) groups is 1. The highest BCUT2D eigenvalue weighted by Gasteiger charge is 2.40. The molecule has 5 N–H and O–H groups in total. The highest BCUT2D eigenvalue weighted by molar-refractivity contribution is 5.80. The van der Waals surface area contributed by atoms with Gasteiger partial charge in [-0.05, 0) is 19.4 Å². The van der Waals surface area contributed by atoms with Gasteiger partial charge in [-0.3, -0.25) is 15.6 Å². The summed E-state index contributed by atoms with van der Waals surface area (Å²) in [4.78, 5) is 12.1. The monoisotopic (exact) mass is 320 g/mol. The molecule has 1 amide bonds. The first-order valence-electron chi connectivity index (χ1n) is 8.42. The van der Waals surface area contributed by atoms with E-state index in [-0.39, 0.29) is 23.9 Å². The van der Waals surface area contributed by atoms with Crippen molar-refractivity contribution >= 4 is 5.91 Å². The van der Waals surface area contributed by atoms with Crippen LogP contribution in [-0.2, 0) is 4.79 Å². The van der Waals surface area contributed by atoms with Gasteiger partial charge < -0.3 is 4.74 Å². The third-order valence-electron chi connectivity index (χ3n) is 4.32. The van der Waals surface area contributed by atoms with Crippen LogP contribution in [0.2, 0.25) is 0 Å². The number of ether oxygens (including phenoxy) is 1. The van der Waals surface area contributed by atoms with E-state index in [9.17, 15) is 4.79 Å². The third kappa shape index (κ3) is 4.43. The zero-order chi connectivity index (χ0) is 16.7. The van der Waals surface area contributed by atoms with Crippen molar-refractivity contribution in [2.24, 2.45) is 11.8 Å². The predicted octanol–water partition coefficient (Wildman–Crippen LogP) is 1.79. The fourth-order valence-corrected chi connectivity index (χ4v) is 3.02. The number of benzene rings is 1. The van der Waals surface area contributed by atoms with E-state index >= 15 is 0 Å². The van der Waals surface area contributed by atoms with Crippen LogP contribution in [0.3, 0.4) is 0 Å². The Morgan fingerprint density at radius 1 is 1.26 bits per heavy atom. The minimum absolute atomic E-state index is 0.0128. The van der Waals surface area contributed by atoms with E-state index in [0.717, 1.165) is 17.7 Å². The Balaban J connectivity index is 2.08. The lowest BCUT2D eigenvalue weighted by Gasteiger charge is -2.22. The average molecular weight is 320 g/mol. The summed E-state index contributed by atoms with van der Waals surface area (Å²) >= 11 is 0. The van der Waals surface area contributed by atoms with E-state index in [2.05, 4.69) is 23.2 Å². The molecule has 23 heavy (non-hydrogen) atoms. The molecule has 0 radical (unpaired) electrons. The van der Waals surface area contributed by atoms with Crippen molar-refractivity contribution in [2.45, 2.75) is 51.6 Å². The van der Waals surface area contributed by atoms with Gasteiger partial charge in [0.2, 0.25) is 5.91 Å². The third-order valence-corrected chi connectivity index (χ3v) is 4.32. The molecule has 1 heterocycles. The molecule has 1 aliphatic rings. The molecule has 3 atom stereocenters. The number of nitrogens with one attached hydrogen (secondary N) is 3. The van der Waals surface area contributed by atoms with Crippen molar-refractivity contribution in [1.29, 1.82) is 0 Å². The fourth-order valence-electron chi connectivity index (χ4n) is 3.02. The number of carbonyl (C=O) groups excluding carboxylic acids is 1. The number of amides is 1. The maximum absolute atomic E-state index is 12.1. The number of hydrazine groups is 2. The minimum Gasteiger partial charge on any atom is -0.493 e. The molecule has 0 aromatic heterocycles. The Labute approximate surface area is 138 Å². The van der Waals surface area contributed by atoms with Crippen molar-refractivity contribution in [1.82, 2.24) is 16.3 Å². The number of hydrogen-bond acceptors (Lipinski definition) is 5. The van der Waals surface area contributed by atoms with Gasteiger partial charge in [0.15, 0.2) is 0 Å². The van der Waals surface area contributed by atoms with E-state index in [4.69, 9.17) is 10.6 Å². The zero-order valence-corrected chi connectivity index (χ0v) is 14.0. The second-order valence-electron chi connectivity index (χ2n) is 6.04. The van der Waals surface area contributed by atoms with Gasteiger partial charge in [0.1, 0.15) is 5.75 Å². The molecule has 0 saturated carbocycles. The van der Waals surface area contributed by atoms with E-state index < -0.39 is 0 Å². The van der Waals surface area contributed by atoms with Crippen LogP contribution in [0.4, 0.5) is 0 Å². The molecule has 1 saturated heterocycles. The van der Waals surface area contributed by atoms with Crippen LogP contribution >= 0.6 is 0 Å². The average Bonchev–Trinajstić information content (AvgIpc) is 2.96. The van der Waals surface area contributed by atoms with Crippen LogP contribution in [0.25, 0.3) is 0 Å². The SMILES string of the molecule is CCCCCCOc1ccccc1C1NNC(C)C1C(=O)NN. The molecular formula is C17H28N4O2. The molecule has 0 spiro atoms. The maximum atomic E-state index is 12.1. The van der Waals surface area contributed by atoms with E-state index in [0.29, 0.717) is 6.61 Å². The lowest BCUT2D eigenvalue weighted by molar-refractivity contribution is -0.125. The molecule has 1 aromatic rings. The molecule has 6 nitrogen and oxygen atoms in total. The van der Waals surface area contributed by atoms with Crippen molar-refractivity contribution in [3.05, 3.63) is 29.8 Å². The summed E-state index contributed by atoms with van der Waals surface area (Å²) in [7, 11) is 0. The van der Waals surface area contributed by atoms with E-state index in [1.54, 1.807) is 0 Å². The summed E-state index contributed by atoms with van der Waals surface area (Å²) in [5, 5.41) is 0. The van der Waals surface area contributed by atoms with Crippen molar-refractivity contribution in [3.8, 4) is 5.75 Å². The van der Waals surface area contributed by atoms with Crippen LogP contribution in [0.5, 0.6) is 5.75 Å². The van der Waals surface area contributed by atoms with E-state index in [1.807, 2.05) is 31.2 Å². The maximum Gasteiger partial charge on any atom is 0.240 e. The van der Waals surface area contributed by atoms with Gasteiger partial charge in [0, 0.05) is 11.6 Å². The standard InChI is InChI=1S/C17H28N4O2/c1-3-4-5-8-11-23-14-10-7-6-9-13(14)16-15(17(22)19-18)12(2)20-21-16/h6-7,9-10,12,15-16,20-21H,3-5,8,11,18H2,1-2H3,(H,19,22). The van der Waals surface area contributed by atoms with Gasteiger partial charge in [-0.25, -0.2) is 11.3 Å². The Hall–Kier alpha value is -1.63. The predicted molar refractivity (Wildman–Crippen MR) is 90.4 cm³/mol. The summed E-state index contributed by atoms with van der Waals surface area (Å²) in [6.45, 7) is 4.85. The summed E-state index contributed by atoms with van der Waals surface area (Å²) in [5.41, 5.74) is 9.56. The molecular weight excluding hydrogens is 292 g/mol. The second-order valence-corrected chi connectivity index (χ2v) is 6.04. The fraction of sp³-hybridized carbons (Fsp3) is 0.588.